The van der Waals surface area contributed by atoms with Gasteiger partial charge < -0.3 is 20.1 Å². The van der Waals surface area contributed by atoms with Gasteiger partial charge in [-0.15, -0.1) is 0 Å². The zero-order valence-corrected chi connectivity index (χ0v) is 18.1. The van der Waals surface area contributed by atoms with Crippen molar-refractivity contribution < 1.29 is 28.6 Å². The minimum absolute atomic E-state index is 0.0131. The fourth-order valence-electron chi connectivity index (χ4n) is 5.49. The minimum Gasteiger partial charge on any atom is -0.480 e. The average molecular weight is 413 g/mol. The van der Waals surface area contributed by atoms with Gasteiger partial charge in [-0.25, -0.2) is 14.0 Å². The molecule has 164 valence electrons. The maximum atomic E-state index is 14.3. The molecule has 7 atom stereocenters. The molecule has 0 aromatic heterocycles. The van der Waals surface area contributed by atoms with Crippen LogP contribution in [0.1, 0.15) is 54.4 Å². The van der Waals surface area contributed by atoms with E-state index in [-0.39, 0.29) is 23.7 Å². The molecule has 3 aliphatic rings. The van der Waals surface area contributed by atoms with Crippen molar-refractivity contribution in [2.24, 2.45) is 29.1 Å². The summed E-state index contributed by atoms with van der Waals surface area (Å²) in [6.45, 7) is 10.9. The summed E-state index contributed by atoms with van der Waals surface area (Å²) >= 11 is 0. The normalized spacial score (nSPS) is 34.7. The van der Waals surface area contributed by atoms with E-state index in [0.717, 1.165) is 0 Å². The molecule has 0 aromatic rings. The summed E-state index contributed by atoms with van der Waals surface area (Å²) in [5, 5.41) is 12.5. The van der Waals surface area contributed by atoms with Crippen LogP contribution in [0.25, 0.3) is 0 Å². The maximum Gasteiger partial charge on any atom is 0.408 e. The molecule has 8 heteroatoms. The third kappa shape index (κ3) is 4.08. The molecule has 2 bridgehead atoms. The lowest BCUT2D eigenvalue weighted by molar-refractivity contribution is -0.152. The quantitative estimate of drug-likeness (QED) is 0.743. The van der Waals surface area contributed by atoms with E-state index in [2.05, 4.69) is 5.32 Å². The molecule has 1 aliphatic heterocycles. The number of likely N-dealkylation sites (tertiary alicyclic amines) is 1. The Labute approximate surface area is 171 Å². The zero-order valence-electron chi connectivity index (χ0n) is 18.1. The summed E-state index contributed by atoms with van der Waals surface area (Å²) in [5.74, 6) is -2.05. The molecule has 0 unspecified atom stereocenters. The van der Waals surface area contributed by atoms with Gasteiger partial charge in [-0.3, -0.25) is 4.79 Å². The van der Waals surface area contributed by atoms with E-state index >= 15 is 0 Å². The molecular formula is C21H33FN2O5. The molecule has 0 radical (unpaired) electrons. The minimum atomic E-state index is -1.10. The summed E-state index contributed by atoms with van der Waals surface area (Å²) in [5.41, 5.74) is -1.38. The number of amides is 2. The van der Waals surface area contributed by atoms with Crippen LogP contribution in [0, 0.1) is 29.1 Å². The van der Waals surface area contributed by atoms with Crippen LogP contribution < -0.4 is 5.32 Å². The van der Waals surface area contributed by atoms with E-state index in [1.807, 2.05) is 0 Å². The predicted molar refractivity (Wildman–Crippen MR) is 104 cm³/mol. The maximum absolute atomic E-state index is 14.3. The van der Waals surface area contributed by atoms with Crippen LogP contribution in [0.2, 0.25) is 0 Å². The Kier molecular flexibility index (Phi) is 5.37. The van der Waals surface area contributed by atoms with E-state index in [9.17, 15) is 23.9 Å². The van der Waals surface area contributed by atoms with Gasteiger partial charge in [0.1, 0.15) is 23.9 Å². The van der Waals surface area contributed by atoms with Crippen molar-refractivity contribution in [1.29, 1.82) is 0 Å². The van der Waals surface area contributed by atoms with Crippen LogP contribution in [0.15, 0.2) is 0 Å². The van der Waals surface area contributed by atoms with E-state index in [1.54, 1.807) is 41.5 Å². The van der Waals surface area contributed by atoms with Crippen molar-refractivity contribution in [3.63, 3.8) is 0 Å². The number of carbonyl (C=O) groups excluding carboxylic acids is 2. The monoisotopic (exact) mass is 412 g/mol. The van der Waals surface area contributed by atoms with Gasteiger partial charge in [0, 0.05) is 12.5 Å². The summed E-state index contributed by atoms with van der Waals surface area (Å²) in [4.78, 5) is 39.2. The lowest BCUT2D eigenvalue weighted by atomic mass is 9.77. The Morgan fingerprint density at radius 1 is 1.10 bits per heavy atom. The predicted octanol–water partition coefficient (Wildman–Crippen LogP) is 2.83. The molecule has 1 saturated heterocycles. The topological polar surface area (TPSA) is 95.9 Å². The smallest absolute Gasteiger partial charge is 0.408 e. The first-order chi connectivity index (χ1) is 13.2. The fourth-order valence-corrected chi connectivity index (χ4v) is 5.49. The Morgan fingerprint density at radius 3 is 2.24 bits per heavy atom. The van der Waals surface area contributed by atoms with E-state index < -0.39 is 47.2 Å². The van der Waals surface area contributed by atoms with Gasteiger partial charge in [0.05, 0.1) is 0 Å². The number of nitrogens with one attached hydrogen (secondary N) is 1. The van der Waals surface area contributed by atoms with Crippen LogP contribution >= 0.6 is 0 Å². The lowest BCUT2D eigenvalue weighted by Crippen LogP contribution is -2.58. The average Bonchev–Trinajstić information content (AvgIpc) is 3.17. The SMILES string of the molecule is CC(C)(C)OC(=O)N[C@H](C(=O)N1C[C@@H]2[C@H]3C[C@@H]([C@@H]2[C@H]1C(=O)O)[C@@H](F)C3)C(C)(C)C. The largest absolute Gasteiger partial charge is 0.480 e. The molecule has 1 heterocycles. The number of carboxylic acid groups (broad SMARTS) is 1. The molecule has 7 nitrogen and oxygen atoms in total. The fraction of sp³-hybridized carbons (Fsp3) is 0.857. The molecule has 2 saturated carbocycles. The standard InChI is InChI=1S/C21H33FN2O5/c1-20(2,3)16(23-19(28)29-21(4,5)6)17(25)24-9-12-10-7-11(13(22)8-10)14(12)15(24)18(26)27/h10-16H,7-9H2,1-6H3,(H,23,28)(H,26,27)/t10-,11+,12+,13-,14-,15-,16+/m0/s1. The summed E-state index contributed by atoms with van der Waals surface area (Å²) in [6.07, 6.45) is -0.544. The first-order valence-electron chi connectivity index (χ1n) is 10.4. The number of fused-ring (bicyclic) bond motifs is 5. The van der Waals surface area contributed by atoms with Gasteiger partial charge in [-0.2, -0.15) is 0 Å². The first kappa shape index (κ1) is 21.8. The van der Waals surface area contributed by atoms with Gasteiger partial charge >= 0.3 is 12.1 Å². The van der Waals surface area contributed by atoms with Crippen LogP contribution in [0.4, 0.5) is 9.18 Å². The third-order valence-electron chi connectivity index (χ3n) is 6.58. The van der Waals surface area contributed by atoms with Gasteiger partial charge in [0.25, 0.3) is 0 Å². The van der Waals surface area contributed by atoms with E-state index in [4.69, 9.17) is 4.74 Å². The Balaban J connectivity index is 1.84. The number of nitrogens with zero attached hydrogens (tertiary/aromatic N) is 1. The van der Waals surface area contributed by atoms with Gasteiger partial charge in [-0.1, -0.05) is 20.8 Å². The van der Waals surface area contributed by atoms with Crippen molar-refractivity contribution in [3.8, 4) is 0 Å². The van der Waals surface area contributed by atoms with Crippen LogP contribution in [0.5, 0.6) is 0 Å². The number of hydrogen-bond acceptors (Lipinski definition) is 4. The highest BCUT2D eigenvalue weighted by molar-refractivity contribution is 5.90. The number of halogens is 1. The Bertz CT molecular complexity index is 698. The van der Waals surface area contributed by atoms with Crippen molar-refractivity contribution in [1.82, 2.24) is 10.2 Å². The Hall–Kier alpha value is -1.86. The number of ether oxygens (including phenoxy) is 1. The number of carbonyl (C=O) groups is 3. The van der Waals surface area contributed by atoms with Gasteiger partial charge in [-0.05, 0) is 56.8 Å². The van der Waals surface area contributed by atoms with E-state index in [0.29, 0.717) is 19.4 Å². The molecule has 0 aromatic carbocycles. The molecule has 2 N–H and O–H groups in total. The van der Waals surface area contributed by atoms with Crippen molar-refractivity contribution in [2.45, 2.75) is 78.2 Å². The first-order valence-corrected chi connectivity index (χ1v) is 10.4. The third-order valence-corrected chi connectivity index (χ3v) is 6.58. The number of rotatable bonds is 3. The Morgan fingerprint density at radius 2 is 1.72 bits per heavy atom. The number of aliphatic carboxylic acids is 1. The van der Waals surface area contributed by atoms with Crippen molar-refractivity contribution in [3.05, 3.63) is 0 Å². The molecular weight excluding hydrogens is 379 g/mol. The van der Waals surface area contributed by atoms with Crippen LogP contribution in [-0.2, 0) is 14.3 Å². The summed E-state index contributed by atoms with van der Waals surface area (Å²) < 4.78 is 19.6. The number of carboxylic acids is 1. The zero-order chi connectivity index (χ0) is 21.9. The lowest BCUT2D eigenvalue weighted by Gasteiger charge is -2.36. The highest BCUT2D eigenvalue weighted by atomic mass is 19.1. The van der Waals surface area contributed by atoms with Crippen LogP contribution in [-0.4, -0.2) is 58.4 Å². The van der Waals surface area contributed by atoms with Gasteiger partial charge in [0.2, 0.25) is 5.91 Å². The summed E-state index contributed by atoms with van der Waals surface area (Å²) in [7, 11) is 0. The molecule has 0 spiro atoms. The molecule has 3 fully saturated rings. The van der Waals surface area contributed by atoms with Crippen molar-refractivity contribution >= 4 is 18.0 Å². The molecule has 29 heavy (non-hydrogen) atoms. The summed E-state index contributed by atoms with van der Waals surface area (Å²) in [6, 6.07) is -2.00. The van der Waals surface area contributed by atoms with Gasteiger partial charge in [0.15, 0.2) is 0 Å². The second-order valence-electron chi connectivity index (χ2n) is 10.9. The molecule has 2 amide bonds. The second-order valence-corrected chi connectivity index (χ2v) is 10.9. The highest BCUT2D eigenvalue weighted by Crippen LogP contribution is 2.58. The van der Waals surface area contributed by atoms with E-state index in [1.165, 1.54) is 4.90 Å². The van der Waals surface area contributed by atoms with Crippen molar-refractivity contribution in [2.75, 3.05) is 6.54 Å². The number of alkyl halides is 1. The number of alkyl carbamates (subject to hydrolysis) is 1. The number of hydrogen-bond donors (Lipinski definition) is 2. The second kappa shape index (κ2) is 7.13. The molecule has 2 aliphatic carbocycles. The molecule has 3 rings (SSSR count). The highest BCUT2D eigenvalue weighted by Gasteiger charge is 2.63. The van der Waals surface area contributed by atoms with Crippen LogP contribution in [0.3, 0.4) is 0 Å².